The maximum Gasteiger partial charge on any atom is 0.306 e. The van der Waals surface area contributed by atoms with Crippen molar-refractivity contribution in [2.45, 2.75) is 76.3 Å². The quantitative estimate of drug-likeness (QED) is 0.0356. The molecule has 0 unspecified atom stereocenters. The third-order valence-electron chi connectivity index (χ3n) is 15.0. The predicted molar refractivity (Wildman–Crippen MR) is 282 cm³/mol. The Bertz CT molecular complexity index is 2350. The van der Waals surface area contributed by atoms with Gasteiger partial charge >= 0.3 is 11.9 Å². The van der Waals surface area contributed by atoms with Crippen LogP contribution in [0.15, 0.2) is 60.7 Å². The maximum atomic E-state index is 12.9. The third-order valence-corrected chi connectivity index (χ3v) is 15.0. The normalized spacial score (nSPS) is 18.4. The Morgan fingerprint density at radius 2 is 0.776 bits per heavy atom. The molecule has 0 fully saturated rings. The highest BCUT2D eigenvalue weighted by molar-refractivity contribution is 5.70. The number of hydrogen-bond acceptors (Lipinski definition) is 14. The lowest BCUT2D eigenvalue weighted by Crippen LogP contribution is -3.00. The van der Waals surface area contributed by atoms with Crippen molar-refractivity contribution in [3.05, 3.63) is 94.1 Å². The Hall–Kier alpha value is -5.94. The number of rotatable bonds is 28. The van der Waals surface area contributed by atoms with Gasteiger partial charge in [-0.15, -0.1) is 0 Å². The first-order valence-electron chi connectivity index (χ1n) is 25.5. The second-order valence-corrected chi connectivity index (χ2v) is 19.4. The fourth-order valence-electron chi connectivity index (χ4n) is 10.8. The van der Waals surface area contributed by atoms with Crippen molar-refractivity contribution in [1.29, 1.82) is 0 Å². The molecule has 0 aliphatic carbocycles. The number of hydrogen-bond donors (Lipinski definition) is 0. The first-order chi connectivity index (χ1) is 35.7. The number of ether oxygens (including phenoxy) is 12. The van der Waals surface area contributed by atoms with E-state index < -0.39 is 0 Å². The highest BCUT2D eigenvalue weighted by atomic mass is 35.5. The second-order valence-electron chi connectivity index (χ2n) is 19.4. The number of carbonyl (C=O) groups is 2. The molecule has 16 nitrogen and oxygen atoms in total. The number of halogens is 2. The van der Waals surface area contributed by atoms with Gasteiger partial charge in [0.2, 0.25) is 11.5 Å². The summed E-state index contributed by atoms with van der Waals surface area (Å²) in [5.74, 6) is 5.81. The zero-order valence-electron chi connectivity index (χ0n) is 46.6. The molecule has 0 radical (unpaired) electrons. The van der Waals surface area contributed by atoms with Crippen LogP contribution in [0, 0.1) is 0 Å². The monoisotopic (exact) mass is 1100 g/mol. The molecule has 0 spiro atoms. The number of allylic oxidation sites excluding steroid dienone is 2. The topological polar surface area (TPSA) is 145 Å². The van der Waals surface area contributed by atoms with Gasteiger partial charge in [-0.25, -0.2) is 0 Å². The van der Waals surface area contributed by atoms with Crippen LogP contribution in [0.5, 0.6) is 57.5 Å². The average molecular weight is 1100 g/mol. The molecule has 6 rings (SSSR count). The molecule has 2 aliphatic rings. The Labute approximate surface area is 462 Å². The van der Waals surface area contributed by atoms with Gasteiger partial charge in [0.15, 0.2) is 46.0 Å². The van der Waals surface area contributed by atoms with Gasteiger partial charge in [-0.1, -0.05) is 12.2 Å². The smallest absolute Gasteiger partial charge is 0.306 e. The summed E-state index contributed by atoms with van der Waals surface area (Å²) in [4.78, 5) is 25.7. The largest absolute Gasteiger partial charge is 1.00 e. The number of methoxy groups -OCH3 is 10. The summed E-state index contributed by atoms with van der Waals surface area (Å²) in [7, 11) is 20.9. The minimum atomic E-state index is -0.246. The first kappa shape index (κ1) is 62.6. The number of carbonyl (C=O) groups excluding carboxylic acids is 2. The molecule has 0 N–H and O–H groups in total. The Kier molecular flexibility index (Phi) is 24.3. The lowest BCUT2D eigenvalue weighted by Gasteiger charge is -2.46. The molecular weight excluding hydrogens is 1020 g/mol. The van der Waals surface area contributed by atoms with E-state index in [1.165, 1.54) is 22.3 Å². The standard InChI is InChI=1S/C58H80N2O14.2ClH/c1-59(25-21-41-35-47(63-3)49(65-5)37-43(41)45(59)29-39-31-51(67-7)57(71-11)52(32-39)68-8)23-17-27-73-55(61)19-15-13-14-16-20-56(62)74-28-18-24-60(2)26-22-42-36-48(64-4)50(66-6)38-44(42)46(60)30-40-33-53(69-9)58(72-12)54(34-40)70-10;;/h13-14,31-38,45-46H,15-30H2,1-12H3;2*1H/q+2;;/p-2/b14-13+;;/t45-,46-,59+,60+;;/m1../s1. The minimum Gasteiger partial charge on any atom is -1.00 e. The second kappa shape index (κ2) is 29.5. The van der Waals surface area contributed by atoms with E-state index in [4.69, 9.17) is 56.8 Å². The summed E-state index contributed by atoms with van der Waals surface area (Å²) < 4.78 is 69.8. The van der Waals surface area contributed by atoms with E-state index in [0.29, 0.717) is 109 Å². The molecule has 4 aromatic rings. The van der Waals surface area contributed by atoms with Crippen LogP contribution in [0.1, 0.15) is 84.0 Å². The van der Waals surface area contributed by atoms with E-state index in [-0.39, 0.29) is 61.7 Å². The van der Waals surface area contributed by atoms with Crippen molar-refractivity contribution in [2.24, 2.45) is 0 Å². The van der Waals surface area contributed by atoms with Crippen LogP contribution < -0.4 is 72.2 Å². The zero-order valence-corrected chi connectivity index (χ0v) is 48.1. The van der Waals surface area contributed by atoms with Gasteiger partial charge in [-0.05, 0) is 83.6 Å². The van der Waals surface area contributed by atoms with Gasteiger partial charge < -0.3 is 90.6 Å². The number of quaternary nitrogens is 2. The van der Waals surface area contributed by atoms with Crippen molar-refractivity contribution >= 4 is 11.9 Å². The fourth-order valence-corrected chi connectivity index (χ4v) is 10.8. The molecule has 0 amide bonds. The first-order valence-corrected chi connectivity index (χ1v) is 25.5. The predicted octanol–water partition coefficient (Wildman–Crippen LogP) is 3.04. The lowest BCUT2D eigenvalue weighted by molar-refractivity contribution is -0.941. The van der Waals surface area contributed by atoms with Gasteiger partial charge in [0, 0.05) is 62.5 Å². The molecular formula is C58H80Cl2N2O14. The van der Waals surface area contributed by atoms with Crippen LogP contribution in [0.4, 0.5) is 0 Å². The Morgan fingerprint density at radius 3 is 1.08 bits per heavy atom. The number of benzene rings is 4. The van der Waals surface area contributed by atoms with Crippen molar-refractivity contribution in [2.75, 3.05) is 125 Å². The molecule has 0 bridgehead atoms. The van der Waals surface area contributed by atoms with E-state index in [1.807, 2.05) is 36.4 Å². The third kappa shape index (κ3) is 15.0. The van der Waals surface area contributed by atoms with Crippen LogP contribution in [0.2, 0.25) is 0 Å². The van der Waals surface area contributed by atoms with Crippen LogP contribution in [-0.4, -0.2) is 145 Å². The van der Waals surface area contributed by atoms with Gasteiger partial charge in [-0.2, -0.15) is 0 Å². The highest BCUT2D eigenvalue weighted by Crippen LogP contribution is 2.47. The van der Waals surface area contributed by atoms with E-state index in [1.54, 1.807) is 71.1 Å². The van der Waals surface area contributed by atoms with Crippen LogP contribution in [0.25, 0.3) is 0 Å². The van der Waals surface area contributed by atoms with Crippen molar-refractivity contribution in [1.82, 2.24) is 0 Å². The molecule has 420 valence electrons. The summed E-state index contributed by atoms with van der Waals surface area (Å²) in [5, 5.41) is 0. The summed E-state index contributed by atoms with van der Waals surface area (Å²) in [6.07, 6.45) is 9.94. The van der Waals surface area contributed by atoms with Crippen molar-refractivity contribution in [3.8, 4) is 57.5 Å². The Balaban J connectivity index is 0.00000624. The fraction of sp³-hybridized carbons (Fsp3) is 0.517. The van der Waals surface area contributed by atoms with E-state index >= 15 is 0 Å². The van der Waals surface area contributed by atoms with E-state index in [0.717, 1.165) is 59.1 Å². The van der Waals surface area contributed by atoms with Crippen molar-refractivity contribution < 1.29 is 100 Å². The van der Waals surface area contributed by atoms with Gasteiger partial charge in [-0.3, -0.25) is 9.59 Å². The molecule has 4 aromatic carbocycles. The highest BCUT2D eigenvalue weighted by Gasteiger charge is 2.42. The zero-order chi connectivity index (χ0) is 53.4. The summed E-state index contributed by atoms with van der Waals surface area (Å²) in [6.45, 7) is 4.02. The van der Waals surface area contributed by atoms with Crippen LogP contribution in [0.3, 0.4) is 0 Å². The summed E-state index contributed by atoms with van der Waals surface area (Å²) in [5.41, 5.74) is 6.93. The molecule has 0 saturated carbocycles. The van der Waals surface area contributed by atoms with Crippen LogP contribution in [-0.2, 0) is 44.7 Å². The van der Waals surface area contributed by atoms with Gasteiger partial charge in [0.25, 0.3) is 0 Å². The average Bonchev–Trinajstić information content (AvgIpc) is 3.42. The number of likely N-dealkylation sites (N-methyl/N-ethyl adjacent to an activating group) is 2. The number of nitrogens with zero attached hydrogens (tertiary/aromatic N) is 2. The van der Waals surface area contributed by atoms with E-state index in [9.17, 15) is 9.59 Å². The lowest BCUT2D eigenvalue weighted by atomic mass is 9.86. The number of esters is 2. The maximum absolute atomic E-state index is 12.9. The van der Waals surface area contributed by atoms with E-state index in [2.05, 4.69) is 38.4 Å². The van der Waals surface area contributed by atoms with Gasteiger partial charge in [0.05, 0.1) is 125 Å². The summed E-state index contributed by atoms with van der Waals surface area (Å²) in [6, 6.07) is 16.5. The molecule has 76 heavy (non-hydrogen) atoms. The SMILES string of the molecule is COc1cc2c(cc1OC)[C@@H](Cc1cc(OC)c(OC)c(OC)c1)[N@@+](C)(CCCOC(=O)CC/C=C/CCC(=O)OCCC[N@@+]1(C)CCc3cc(OC)c(OC)cc3[C@H]1Cc1cc(OC)c(OC)c(OC)c1)CC2.[Cl-].[Cl-]. The molecule has 18 heteroatoms. The molecule has 2 heterocycles. The molecule has 0 saturated heterocycles. The summed E-state index contributed by atoms with van der Waals surface area (Å²) >= 11 is 0. The van der Waals surface area contributed by atoms with Crippen molar-refractivity contribution in [3.63, 3.8) is 0 Å². The van der Waals surface area contributed by atoms with Gasteiger partial charge in [0.1, 0.15) is 12.1 Å². The Morgan fingerprint density at radius 1 is 0.461 bits per heavy atom. The molecule has 2 aliphatic heterocycles. The van der Waals surface area contributed by atoms with Crippen LogP contribution >= 0.6 is 0 Å². The minimum absolute atomic E-state index is 0. The molecule has 0 aromatic heterocycles. The number of fused-ring (bicyclic) bond motifs is 2. The molecule has 4 atom stereocenters.